The highest BCUT2D eigenvalue weighted by atomic mass is 35.5. The average molecular weight is 524 g/mol. The minimum Gasteiger partial charge on any atom is -0.497 e. The fourth-order valence-corrected chi connectivity index (χ4v) is 4.93. The first-order valence-corrected chi connectivity index (χ1v) is 12.4. The number of ether oxygens (including phenoxy) is 1. The minimum absolute atomic E-state index is 0.149. The molecule has 9 heteroatoms. The summed E-state index contributed by atoms with van der Waals surface area (Å²) in [6.45, 7) is 1.90. The van der Waals surface area contributed by atoms with Crippen molar-refractivity contribution in [3.05, 3.63) is 94.8 Å². The van der Waals surface area contributed by atoms with Gasteiger partial charge in [-0.15, -0.1) is 0 Å². The zero-order valence-electron chi connectivity index (χ0n) is 20.7. The second-order valence-corrected chi connectivity index (χ2v) is 9.47. The van der Waals surface area contributed by atoms with Gasteiger partial charge in [0.15, 0.2) is 5.82 Å². The molecule has 38 heavy (non-hydrogen) atoms. The summed E-state index contributed by atoms with van der Waals surface area (Å²) >= 11 is 6.03. The van der Waals surface area contributed by atoms with Crippen molar-refractivity contribution in [2.45, 2.75) is 19.8 Å². The lowest BCUT2D eigenvalue weighted by Crippen LogP contribution is -2.20. The number of amides is 1. The standard InChI is InChI=1S/C29H22ClN5O3/c1-17-22(13-20-14-28(36)35(33-20)27-16-31-24-5-3-4-6-25(24)32-27)23-15-21(38-2)11-12-26(23)34(17)29(37)18-7-9-19(30)10-8-18/h3-12,15-16H,13-14H2,1-2H3. The van der Waals surface area contributed by atoms with E-state index in [2.05, 4.69) is 15.1 Å². The summed E-state index contributed by atoms with van der Waals surface area (Å²) in [5, 5.41) is 7.34. The third kappa shape index (κ3) is 4.09. The zero-order valence-corrected chi connectivity index (χ0v) is 21.4. The Balaban J connectivity index is 1.40. The van der Waals surface area contributed by atoms with Gasteiger partial charge in [-0.1, -0.05) is 23.7 Å². The van der Waals surface area contributed by atoms with Gasteiger partial charge >= 0.3 is 0 Å². The fraction of sp³-hybridized carbons (Fsp3) is 0.138. The molecule has 0 unspecified atom stereocenters. The number of carbonyl (C=O) groups is 2. The van der Waals surface area contributed by atoms with Crippen LogP contribution in [-0.4, -0.2) is 39.2 Å². The van der Waals surface area contributed by atoms with E-state index in [9.17, 15) is 9.59 Å². The predicted octanol–water partition coefficient (Wildman–Crippen LogP) is 5.58. The average Bonchev–Trinajstić information content (AvgIpc) is 3.44. The molecule has 0 fully saturated rings. The van der Waals surface area contributed by atoms with Crippen molar-refractivity contribution in [1.82, 2.24) is 14.5 Å². The lowest BCUT2D eigenvalue weighted by molar-refractivity contribution is -0.116. The second-order valence-electron chi connectivity index (χ2n) is 9.04. The maximum absolute atomic E-state index is 13.6. The smallest absolute Gasteiger partial charge is 0.262 e. The van der Waals surface area contributed by atoms with Crippen molar-refractivity contribution < 1.29 is 14.3 Å². The molecule has 1 amide bonds. The molecule has 0 atom stereocenters. The van der Waals surface area contributed by atoms with Gasteiger partial charge in [0.25, 0.3) is 11.8 Å². The Kier molecular flexibility index (Phi) is 5.88. The number of hydrogen-bond acceptors (Lipinski definition) is 6. The number of para-hydroxylation sites is 2. The van der Waals surface area contributed by atoms with Crippen molar-refractivity contribution in [3.8, 4) is 5.75 Å². The van der Waals surface area contributed by atoms with Crippen LogP contribution in [0.3, 0.4) is 0 Å². The van der Waals surface area contributed by atoms with Crippen LogP contribution in [0.1, 0.15) is 28.0 Å². The molecule has 6 rings (SSSR count). The predicted molar refractivity (Wildman–Crippen MR) is 147 cm³/mol. The van der Waals surface area contributed by atoms with Gasteiger partial charge in [-0.2, -0.15) is 10.1 Å². The topological polar surface area (TPSA) is 89.7 Å². The highest BCUT2D eigenvalue weighted by Gasteiger charge is 2.29. The number of nitrogens with zero attached hydrogens (tertiary/aromatic N) is 5. The molecule has 3 aromatic carbocycles. The van der Waals surface area contributed by atoms with E-state index >= 15 is 0 Å². The number of anilines is 1. The molecule has 188 valence electrons. The van der Waals surface area contributed by atoms with Crippen LogP contribution < -0.4 is 9.75 Å². The van der Waals surface area contributed by atoms with Crippen LogP contribution >= 0.6 is 11.6 Å². The Labute approximate surface area is 223 Å². The quantitative estimate of drug-likeness (QED) is 0.300. The van der Waals surface area contributed by atoms with E-state index in [1.54, 1.807) is 42.1 Å². The number of halogens is 1. The maximum atomic E-state index is 13.6. The lowest BCUT2D eigenvalue weighted by atomic mass is 10.0. The van der Waals surface area contributed by atoms with Gasteiger partial charge < -0.3 is 4.74 Å². The first-order valence-electron chi connectivity index (χ1n) is 12.0. The van der Waals surface area contributed by atoms with Crippen molar-refractivity contribution in [2.75, 3.05) is 12.1 Å². The molecule has 0 bridgehead atoms. The summed E-state index contributed by atoms with van der Waals surface area (Å²) in [5.41, 5.74) is 5.05. The van der Waals surface area contributed by atoms with Gasteiger partial charge in [0, 0.05) is 28.1 Å². The number of fused-ring (bicyclic) bond motifs is 2. The van der Waals surface area contributed by atoms with E-state index in [1.165, 1.54) is 5.01 Å². The molecule has 0 spiro atoms. The summed E-state index contributed by atoms with van der Waals surface area (Å²) in [6, 6.07) is 19.9. The Morgan fingerprint density at radius 3 is 2.58 bits per heavy atom. The number of methoxy groups -OCH3 is 1. The summed E-state index contributed by atoms with van der Waals surface area (Å²) in [6.07, 6.45) is 2.09. The Hall–Kier alpha value is -4.56. The van der Waals surface area contributed by atoms with E-state index in [0.29, 0.717) is 39.8 Å². The molecule has 5 aromatic rings. The number of hydrazone groups is 1. The normalized spacial score (nSPS) is 13.4. The SMILES string of the molecule is COc1ccc2c(c1)c(CC1=NN(c3cnc4ccccc4n3)C(=O)C1)c(C)n2C(=O)c1ccc(Cl)cc1. The van der Waals surface area contributed by atoms with Crippen molar-refractivity contribution >= 4 is 56.9 Å². The molecule has 0 N–H and O–H groups in total. The monoisotopic (exact) mass is 523 g/mol. The summed E-state index contributed by atoms with van der Waals surface area (Å²) in [5.74, 6) is 0.702. The van der Waals surface area contributed by atoms with Gasteiger partial charge in [-0.25, -0.2) is 4.98 Å². The van der Waals surface area contributed by atoms with Crippen LogP contribution in [-0.2, 0) is 11.2 Å². The maximum Gasteiger partial charge on any atom is 0.262 e. The second kappa shape index (κ2) is 9.39. The Bertz CT molecular complexity index is 1780. The minimum atomic E-state index is -0.180. The largest absolute Gasteiger partial charge is 0.497 e. The van der Waals surface area contributed by atoms with Crippen LogP contribution in [0.25, 0.3) is 21.9 Å². The van der Waals surface area contributed by atoms with E-state index in [4.69, 9.17) is 16.3 Å². The molecular formula is C29H22ClN5O3. The molecule has 0 aliphatic carbocycles. The first kappa shape index (κ1) is 23.8. The van der Waals surface area contributed by atoms with Crippen molar-refractivity contribution in [3.63, 3.8) is 0 Å². The molecule has 1 aliphatic rings. The zero-order chi connectivity index (χ0) is 26.4. The fourth-order valence-electron chi connectivity index (χ4n) is 4.81. The summed E-state index contributed by atoms with van der Waals surface area (Å²) in [7, 11) is 1.60. The van der Waals surface area contributed by atoms with Crippen molar-refractivity contribution in [1.29, 1.82) is 0 Å². The number of carbonyl (C=O) groups excluding carboxylic acids is 2. The van der Waals surface area contributed by atoms with Gasteiger partial charge in [0.2, 0.25) is 0 Å². The van der Waals surface area contributed by atoms with Gasteiger partial charge in [-0.05, 0) is 67.1 Å². The summed E-state index contributed by atoms with van der Waals surface area (Å²) < 4.78 is 7.16. The van der Waals surface area contributed by atoms with Crippen LogP contribution in [0.2, 0.25) is 5.02 Å². The molecule has 0 radical (unpaired) electrons. The third-order valence-corrected chi connectivity index (χ3v) is 6.95. The van der Waals surface area contributed by atoms with Crippen LogP contribution in [0, 0.1) is 6.92 Å². The molecule has 0 saturated carbocycles. The molecule has 2 aromatic heterocycles. The number of aromatic nitrogens is 3. The number of rotatable bonds is 5. The van der Waals surface area contributed by atoms with Gasteiger partial charge in [0.1, 0.15) is 5.75 Å². The third-order valence-electron chi connectivity index (χ3n) is 6.70. The number of hydrogen-bond donors (Lipinski definition) is 0. The summed E-state index contributed by atoms with van der Waals surface area (Å²) in [4.78, 5) is 35.5. The van der Waals surface area contributed by atoms with Gasteiger partial charge in [0.05, 0.1) is 42.0 Å². The van der Waals surface area contributed by atoms with E-state index in [1.807, 2.05) is 49.4 Å². The Morgan fingerprint density at radius 1 is 1.05 bits per heavy atom. The number of benzene rings is 3. The van der Waals surface area contributed by atoms with E-state index in [-0.39, 0.29) is 18.2 Å². The van der Waals surface area contributed by atoms with Crippen LogP contribution in [0.15, 0.2) is 78.0 Å². The molecule has 3 heterocycles. The highest BCUT2D eigenvalue weighted by molar-refractivity contribution is 6.30. The van der Waals surface area contributed by atoms with Crippen molar-refractivity contribution in [2.24, 2.45) is 5.10 Å². The molecular weight excluding hydrogens is 502 g/mol. The lowest BCUT2D eigenvalue weighted by Gasteiger charge is -2.10. The molecule has 8 nitrogen and oxygen atoms in total. The molecule has 1 aliphatic heterocycles. The highest BCUT2D eigenvalue weighted by Crippen LogP contribution is 2.32. The van der Waals surface area contributed by atoms with Gasteiger partial charge in [-0.3, -0.25) is 19.1 Å². The van der Waals surface area contributed by atoms with E-state index < -0.39 is 0 Å². The Morgan fingerprint density at radius 2 is 1.82 bits per heavy atom. The van der Waals surface area contributed by atoms with Crippen LogP contribution in [0.4, 0.5) is 5.82 Å². The van der Waals surface area contributed by atoms with E-state index in [0.717, 1.165) is 27.7 Å². The molecule has 0 saturated heterocycles. The first-order chi connectivity index (χ1) is 18.4. The van der Waals surface area contributed by atoms with Crippen LogP contribution in [0.5, 0.6) is 5.75 Å².